The first-order chi connectivity index (χ1) is 12.1. The predicted octanol–water partition coefficient (Wildman–Crippen LogP) is 2.47. The highest BCUT2D eigenvalue weighted by atomic mass is 28.4. The zero-order valence-electron chi connectivity index (χ0n) is 17.6. The van der Waals surface area contributed by atoms with Gasteiger partial charge in [-0.25, -0.2) is 9.59 Å². The summed E-state index contributed by atoms with van der Waals surface area (Å²) in [5, 5.41) is 19.8. The maximum absolute atomic E-state index is 12.6. The summed E-state index contributed by atoms with van der Waals surface area (Å²) in [6.45, 7) is 14.3. The van der Waals surface area contributed by atoms with Gasteiger partial charge in [-0.3, -0.25) is 0 Å². The van der Waals surface area contributed by atoms with E-state index in [4.69, 9.17) is 13.6 Å². The fraction of sp³-hybridized carbons (Fsp3) is 0.765. The number of rotatable bonds is 10. The third-order valence-corrected chi connectivity index (χ3v) is 5.89. The van der Waals surface area contributed by atoms with E-state index in [1.165, 1.54) is 0 Å². The van der Waals surface area contributed by atoms with Crippen LogP contribution in [0.3, 0.4) is 0 Å². The molecule has 3 radical (unpaired) electrons. The Kier molecular flexibility index (Phi) is 9.66. The van der Waals surface area contributed by atoms with Gasteiger partial charge in [0.05, 0.1) is 6.61 Å². The molecule has 10 heteroatoms. The van der Waals surface area contributed by atoms with Crippen molar-refractivity contribution < 1.29 is 33.4 Å². The molecular weight excluding hydrogens is 400 g/mol. The molecule has 2 unspecified atom stereocenters. The van der Waals surface area contributed by atoms with Gasteiger partial charge in [0.1, 0.15) is 5.57 Å². The summed E-state index contributed by atoms with van der Waals surface area (Å²) in [5.74, 6) is -2.08. The van der Waals surface area contributed by atoms with E-state index in [2.05, 4.69) is 10.2 Å². The van der Waals surface area contributed by atoms with Crippen molar-refractivity contribution >= 4 is 38.8 Å². The van der Waals surface area contributed by atoms with E-state index in [9.17, 15) is 19.8 Å². The van der Waals surface area contributed by atoms with Gasteiger partial charge in [0.25, 0.3) is 5.95 Å². The van der Waals surface area contributed by atoms with Crippen LogP contribution < -0.4 is 0 Å². The monoisotopic (exact) mass is 433 g/mol. The molecule has 0 spiro atoms. The summed E-state index contributed by atoms with van der Waals surface area (Å²) in [6.07, 6.45) is 0.565. The van der Waals surface area contributed by atoms with Crippen LogP contribution >= 0.6 is 0 Å². The third kappa shape index (κ3) is 8.30. The number of ether oxygens (including phenoxy) is 1. The van der Waals surface area contributed by atoms with Gasteiger partial charge in [0.2, 0.25) is 16.6 Å². The molecule has 0 amide bonds. The van der Waals surface area contributed by atoms with Gasteiger partial charge in [-0.05, 0) is 51.2 Å². The molecule has 2 atom stereocenters. The third-order valence-electron chi connectivity index (χ3n) is 3.41. The Morgan fingerprint density at radius 1 is 1.04 bits per heavy atom. The number of aliphatic hydroxyl groups excluding tert-OH is 1. The number of esters is 2. The summed E-state index contributed by atoms with van der Waals surface area (Å²) >= 11 is 0. The van der Waals surface area contributed by atoms with Crippen LogP contribution in [0.25, 0.3) is 0 Å². The van der Waals surface area contributed by atoms with Gasteiger partial charge in [-0.2, -0.15) is 0 Å². The first-order valence-corrected chi connectivity index (χ1v) is 16.4. The molecule has 0 saturated carbocycles. The Morgan fingerprint density at radius 3 is 1.78 bits per heavy atom. The van der Waals surface area contributed by atoms with Crippen molar-refractivity contribution in [2.24, 2.45) is 0 Å². The minimum absolute atomic E-state index is 0.0894. The molecule has 0 aromatic rings. The smallest absolute Gasteiger partial charge is 0.348 e. The number of carbonyl (C=O) groups excluding carboxylic acids is 2. The summed E-state index contributed by atoms with van der Waals surface area (Å²) in [5.41, 5.74) is -2.90. The van der Waals surface area contributed by atoms with Gasteiger partial charge in [0.15, 0.2) is 5.60 Å². The lowest BCUT2D eigenvalue weighted by Gasteiger charge is -2.30. The second-order valence-corrected chi connectivity index (χ2v) is 17.8. The lowest BCUT2D eigenvalue weighted by Crippen LogP contribution is -2.48. The average Bonchev–Trinajstić information content (AvgIpc) is 2.50. The molecular formula is C17H33O7Si3. The zero-order chi connectivity index (χ0) is 21.6. The molecule has 0 heterocycles. The quantitative estimate of drug-likeness (QED) is 0.179. The van der Waals surface area contributed by atoms with Crippen molar-refractivity contribution in [3.63, 3.8) is 0 Å². The first kappa shape index (κ1) is 26.1. The molecule has 0 aromatic carbocycles. The minimum atomic E-state index is -2.22. The highest BCUT2D eigenvalue weighted by molar-refractivity contribution is 6.71. The Morgan fingerprint density at radius 2 is 1.48 bits per heavy atom. The molecule has 2 N–H and O–H groups in total. The summed E-state index contributed by atoms with van der Waals surface area (Å²) < 4.78 is 16.8. The SMILES string of the molecule is CCC(C(=O)OC(=O)C(O)(CO)C([Si])CC)=C(O[Si](C)(C)C)O[Si](C)(C)C. The van der Waals surface area contributed by atoms with E-state index >= 15 is 0 Å². The van der Waals surface area contributed by atoms with Gasteiger partial charge < -0.3 is 23.8 Å². The summed E-state index contributed by atoms with van der Waals surface area (Å²) in [6, 6.07) is 0. The average molecular weight is 434 g/mol. The predicted molar refractivity (Wildman–Crippen MR) is 109 cm³/mol. The fourth-order valence-electron chi connectivity index (χ4n) is 1.96. The molecule has 0 rings (SSSR count). The Hall–Kier alpha value is -0.949. The van der Waals surface area contributed by atoms with E-state index in [0.717, 1.165) is 0 Å². The van der Waals surface area contributed by atoms with E-state index < -0.39 is 46.3 Å². The molecule has 0 fully saturated rings. The lowest BCUT2D eigenvalue weighted by atomic mass is 9.98. The van der Waals surface area contributed by atoms with Gasteiger partial charge in [-0.15, -0.1) is 0 Å². The van der Waals surface area contributed by atoms with E-state index in [1.54, 1.807) is 13.8 Å². The molecule has 27 heavy (non-hydrogen) atoms. The van der Waals surface area contributed by atoms with Crippen molar-refractivity contribution in [2.75, 3.05) is 6.61 Å². The van der Waals surface area contributed by atoms with Crippen LogP contribution in [0.15, 0.2) is 11.5 Å². The largest absolute Gasteiger partial charge is 0.520 e. The second kappa shape index (κ2) is 10.0. The van der Waals surface area contributed by atoms with Crippen LogP contribution in [0.5, 0.6) is 0 Å². The first-order valence-electron chi connectivity index (χ1n) is 9.03. The number of hydrogen-bond acceptors (Lipinski definition) is 7. The van der Waals surface area contributed by atoms with Crippen molar-refractivity contribution in [1.29, 1.82) is 0 Å². The molecule has 155 valence electrons. The highest BCUT2D eigenvalue weighted by Crippen LogP contribution is 2.27. The van der Waals surface area contributed by atoms with Crippen LogP contribution in [0.2, 0.25) is 44.8 Å². The van der Waals surface area contributed by atoms with Crippen LogP contribution in [-0.4, -0.2) is 61.2 Å². The number of hydrogen-bond donors (Lipinski definition) is 2. The number of carbonyl (C=O) groups is 2. The van der Waals surface area contributed by atoms with Crippen molar-refractivity contribution in [1.82, 2.24) is 0 Å². The standard InChI is InChI=1S/C17H33O7Si3/c1-9-12(15(23-26(3,4)5)24-27(6,7)8)14(19)22-16(20)17(21,11-18)13(25)10-2/h13,18,21H,9-11H2,1-8H3. The Bertz CT molecular complexity index is 546. The normalized spacial score (nSPS) is 15.4. The van der Waals surface area contributed by atoms with Crippen LogP contribution in [0.1, 0.15) is 26.7 Å². The Balaban J connectivity index is 5.83. The van der Waals surface area contributed by atoms with Crippen LogP contribution in [0, 0.1) is 0 Å². The maximum Gasteiger partial charge on any atom is 0.348 e. The molecule has 0 aliphatic rings. The van der Waals surface area contributed by atoms with Crippen LogP contribution in [0.4, 0.5) is 0 Å². The van der Waals surface area contributed by atoms with Crippen molar-refractivity contribution in [3.8, 4) is 0 Å². The van der Waals surface area contributed by atoms with Crippen LogP contribution in [-0.2, 0) is 23.2 Å². The molecule has 7 nitrogen and oxygen atoms in total. The van der Waals surface area contributed by atoms with Gasteiger partial charge in [0, 0.05) is 10.2 Å². The second-order valence-electron chi connectivity index (χ2n) is 8.27. The van der Waals surface area contributed by atoms with Gasteiger partial charge in [-0.1, -0.05) is 20.3 Å². The minimum Gasteiger partial charge on any atom is -0.520 e. The lowest BCUT2D eigenvalue weighted by molar-refractivity contribution is -0.176. The highest BCUT2D eigenvalue weighted by Gasteiger charge is 2.43. The number of aliphatic hydroxyl groups is 2. The molecule has 0 bridgehead atoms. The fourth-order valence-corrected chi connectivity index (χ4v) is 3.70. The summed E-state index contributed by atoms with van der Waals surface area (Å²) in [4.78, 5) is 25.0. The molecule has 0 aliphatic heterocycles. The van der Waals surface area contributed by atoms with Gasteiger partial charge >= 0.3 is 11.9 Å². The topological polar surface area (TPSA) is 102 Å². The van der Waals surface area contributed by atoms with E-state index in [-0.39, 0.29) is 17.9 Å². The van der Waals surface area contributed by atoms with Crippen molar-refractivity contribution in [2.45, 2.75) is 77.1 Å². The zero-order valence-corrected chi connectivity index (χ0v) is 20.6. The molecule has 0 aromatic heterocycles. The maximum atomic E-state index is 12.6. The van der Waals surface area contributed by atoms with E-state index in [1.807, 2.05) is 39.3 Å². The van der Waals surface area contributed by atoms with E-state index in [0.29, 0.717) is 6.42 Å². The van der Waals surface area contributed by atoms with Crippen molar-refractivity contribution in [3.05, 3.63) is 11.5 Å². The molecule has 0 saturated heterocycles. The summed E-state index contributed by atoms with van der Waals surface area (Å²) in [7, 11) is -1.01. The Labute approximate surface area is 167 Å². The molecule has 0 aliphatic carbocycles.